The molecular formula is C24H31FN4O2. The van der Waals surface area contributed by atoms with Crippen LogP contribution in [0.2, 0.25) is 0 Å². The average molecular weight is 427 g/mol. The highest BCUT2D eigenvalue weighted by Crippen LogP contribution is 2.39. The maximum atomic E-state index is 14.5. The summed E-state index contributed by atoms with van der Waals surface area (Å²) in [6, 6.07) is 6.72. The molecule has 1 aromatic heterocycles. The van der Waals surface area contributed by atoms with Crippen molar-refractivity contribution in [2.45, 2.75) is 51.9 Å². The van der Waals surface area contributed by atoms with Gasteiger partial charge in [-0.3, -0.25) is 14.7 Å². The number of hydrogen-bond donors (Lipinski definition) is 1. The highest BCUT2D eigenvalue weighted by atomic mass is 19.1. The van der Waals surface area contributed by atoms with Crippen molar-refractivity contribution in [3.05, 3.63) is 53.1 Å². The molecule has 4 rings (SSSR count). The summed E-state index contributed by atoms with van der Waals surface area (Å²) in [5.41, 5.74) is 2.12. The van der Waals surface area contributed by atoms with Gasteiger partial charge in [-0.2, -0.15) is 5.10 Å². The Bertz CT molecular complexity index is 949. The molecule has 0 radical (unpaired) electrons. The number of piperidine rings is 2. The van der Waals surface area contributed by atoms with E-state index in [2.05, 4.69) is 10.2 Å². The Balaban J connectivity index is 1.58. The number of amides is 2. The SMILES string of the molecule is CC(=O)N1CCC(Cc2ccccc2F)(C(=O)N2CCC[C@H](c3[nH]ncc3C)C2)CC1. The molecule has 2 fully saturated rings. The number of aromatic amines is 1. The van der Waals surface area contributed by atoms with E-state index in [-0.39, 0.29) is 23.5 Å². The van der Waals surface area contributed by atoms with E-state index in [4.69, 9.17) is 0 Å². The minimum absolute atomic E-state index is 0.0275. The molecule has 1 atom stereocenters. The lowest BCUT2D eigenvalue weighted by Gasteiger charge is -2.45. The van der Waals surface area contributed by atoms with E-state index in [9.17, 15) is 14.0 Å². The predicted molar refractivity (Wildman–Crippen MR) is 116 cm³/mol. The number of aromatic nitrogens is 2. The summed E-state index contributed by atoms with van der Waals surface area (Å²) >= 11 is 0. The maximum absolute atomic E-state index is 14.5. The van der Waals surface area contributed by atoms with Gasteiger partial charge in [0, 0.05) is 44.7 Å². The lowest BCUT2D eigenvalue weighted by Crippen LogP contribution is -2.54. The van der Waals surface area contributed by atoms with Gasteiger partial charge in [0.05, 0.1) is 11.6 Å². The number of rotatable bonds is 4. The molecule has 0 spiro atoms. The van der Waals surface area contributed by atoms with Crippen LogP contribution in [0.5, 0.6) is 0 Å². The van der Waals surface area contributed by atoms with Gasteiger partial charge in [0.1, 0.15) is 5.82 Å². The summed E-state index contributed by atoms with van der Waals surface area (Å²) in [4.78, 5) is 29.6. The summed E-state index contributed by atoms with van der Waals surface area (Å²) in [5.74, 6) is 0.0943. The normalized spacial score (nSPS) is 21.2. The molecular weight excluding hydrogens is 395 g/mol. The summed E-state index contributed by atoms with van der Waals surface area (Å²) < 4.78 is 14.5. The molecule has 2 aromatic rings. The van der Waals surface area contributed by atoms with E-state index in [1.54, 1.807) is 24.0 Å². The minimum atomic E-state index is -0.681. The zero-order chi connectivity index (χ0) is 22.0. The van der Waals surface area contributed by atoms with Gasteiger partial charge in [-0.15, -0.1) is 0 Å². The Morgan fingerprint density at radius 1 is 1.19 bits per heavy atom. The number of halogens is 1. The predicted octanol–water partition coefficient (Wildman–Crippen LogP) is 3.43. The molecule has 2 aliphatic heterocycles. The molecule has 7 heteroatoms. The van der Waals surface area contributed by atoms with Gasteiger partial charge in [-0.1, -0.05) is 18.2 Å². The summed E-state index contributed by atoms with van der Waals surface area (Å²) in [6.45, 7) is 6.04. The lowest BCUT2D eigenvalue weighted by atomic mass is 9.72. The molecule has 31 heavy (non-hydrogen) atoms. The fourth-order valence-electron chi connectivity index (χ4n) is 5.22. The summed E-state index contributed by atoms with van der Waals surface area (Å²) in [5, 5.41) is 7.26. The first-order valence-electron chi connectivity index (χ1n) is 11.2. The van der Waals surface area contributed by atoms with Gasteiger partial charge in [0.15, 0.2) is 0 Å². The van der Waals surface area contributed by atoms with Crippen molar-refractivity contribution in [1.29, 1.82) is 0 Å². The largest absolute Gasteiger partial charge is 0.343 e. The van der Waals surface area contributed by atoms with Crippen molar-refractivity contribution in [1.82, 2.24) is 20.0 Å². The smallest absolute Gasteiger partial charge is 0.229 e. The molecule has 6 nitrogen and oxygen atoms in total. The van der Waals surface area contributed by atoms with E-state index < -0.39 is 5.41 Å². The molecule has 3 heterocycles. The molecule has 2 saturated heterocycles. The van der Waals surface area contributed by atoms with Gasteiger partial charge >= 0.3 is 0 Å². The lowest BCUT2D eigenvalue weighted by molar-refractivity contribution is -0.149. The Kier molecular flexibility index (Phi) is 6.12. The van der Waals surface area contributed by atoms with Gasteiger partial charge in [-0.25, -0.2) is 4.39 Å². The first kappa shape index (κ1) is 21.5. The molecule has 1 N–H and O–H groups in total. The molecule has 0 unspecified atom stereocenters. The number of hydrogen-bond acceptors (Lipinski definition) is 3. The van der Waals surface area contributed by atoms with E-state index in [1.807, 2.05) is 24.1 Å². The van der Waals surface area contributed by atoms with Crippen LogP contribution < -0.4 is 0 Å². The van der Waals surface area contributed by atoms with Crippen LogP contribution in [0, 0.1) is 18.2 Å². The molecule has 1 aromatic carbocycles. The van der Waals surface area contributed by atoms with Crippen LogP contribution in [0.4, 0.5) is 4.39 Å². The fourth-order valence-corrected chi connectivity index (χ4v) is 5.22. The van der Waals surface area contributed by atoms with Crippen LogP contribution in [0.3, 0.4) is 0 Å². The second-order valence-electron chi connectivity index (χ2n) is 9.11. The van der Waals surface area contributed by atoms with Crippen molar-refractivity contribution in [3.8, 4) is 0 Å². The third-order valence-electron chi connectivity index (χ3n) is 7.09. The van der Waals surface area contributed by atoms with Crippen molar-refractivity contribution < 1.29 is 14.0 Å². The Labute approximate surface area is 182 Å². The highest BCUT2D eigenvalue weighted by molar-refractivity contribution is 5.84. The quantitative estimate of drug-likeness (QED) is 0.814. The molecule has 2 aliphatic rings. The van der Waals surface area contributed by atoms with Gasteiger partial charge in [0.2, 0.25) is 11.8 Å². The van der Waals surface area contributed by atoms with Crippen LogP contribution in [0.25, 0.3) is 0 Å². The zero-order valence-electron chi connectivity index (χ0n) is 18.4. The van der Waals surface area contributed by atoms with Crippen molar-refractivity contribution >= 4 is 11.8 Å². The second kappa shape index (κ2) is 8.81. The second-order valence-corrected chi connectivity index (χ2v) is 9.11. The van der Waals surface area contributed by atoms with Crippen LogP contribution in [-0.4, -0.2) is 58.0 Å². The fraction of sp³-hybridized carbons (Fsp3) is 0.542. The Morgan fingerprint density at radius 2 is 1.94 bits per heavy atom. The van der Waals surface area contributed by atoms with E-state index in [0.29, 0.717) is 44.5 Å². The van der Waals surface area contributed by atoms with Crippen molar-refractivity contribution in [3.63, 3.8) is 0 Å². The van der Waals surface area contributed by atoms with Crippen LogP contribution in [0.1, 0.15) is 55.3 Å². The number of carbonyl (C=O) groups excluding carboxylic acids is 2. The van der Waals surface area contributed by atoms with Gasteiger partial charge in [-0.05, 0) is 56.2 Å². The molecule has 0 bridgehead atoms. The number of carbonyl (C=O) groups is 2. The number of nitrogens with zero attached hydrogens (tertiary/aromatic N) is 3. The van der Waals surface area contributed by atoms with E-state index in [1.165, 1.54) is 6.07 Å². The van der Waals surface area contributed by atoms with Gasteiger partial charge in [0.25, 0.3) is 0 Å². The summed E-state index contributed by atoms with van der Waals surface area (Å²) in [7, 11) is 0. The first-order chi connectivity index (χ1) is 14.9. The zero-order valence-corrected chi connectivity index (χ0v) is 18.4. The van der Waals surface area contributed by atoms with E-state index >= 15 is 0 Å². The molecule has 166 valence electrons. The molecule has 2 amide bonds. The number of nitrogens with one attached hydrogen (secondary N) is 1. The third-order valence-corrected chi connectivity index (χ3v) is 7.09. The third kappa shape index (κ3) is 4.36. The first-order valence-corrected chi connectivity index (χ1v) is 11.2. The number of likely N-dealkylation sites (tertiary alicyclic amines) is 2. The van der Waals surface area contributed by atoms with Crippen LogP contribution in [-0.2, 0) is 16.0 Å². The number of H-pyrrole nitrogens is 1. The standard InChI is InChI=1S/C24H31FN4O2/c1-17-15-26-27-22(17)20-7-5-11-29(16-20)23(31)24(9-12-28(13-10-24)18(2)30)14-19-6-3-4-8-21(19)25/h3-4,6,8,15,20H,5,7,9-14,16H2,1-2H3,(H,26,27)/t20-/m0/s1. The molecule has 0 saturated carbocycles. The number of benzene rings is 1. The Hall–Kier alpha value is -2.70. The van der Waals surface area contributed by atoms with Gasteiger partial charge < -0.3 is 9.80 Å². The van der Waals surface area contributed by atoms with Crippen LogP contribution >= 0.6 is 0 Å². The monoisotopic (exact) mass is 426 g/mol. The van der Waals surface area contributed by atoms with Crippen LogP contribution in [0.15, 0.2) is 30.5 Å². The van der Waals surface area contributed by atoms with Crippen molar-refractivity contribution in [2.24, 2.45) is 5.41 Å². The minimum Gasteiger partial charge on any atom is -0.343 e. The van der Waals surface area contributed by atoms with E-state index in [0.717, 1.165) is 30.6 Å². The molecule has 0 aliphatic carbocycles. The number of aryl methyl sites for hydroxylation is 1. The topological polar surface area (TPSA) is 69.3 Å². The van der Waals surface area contributed by atoms with Crippen molar-refractivity contribution in [2.75, 3.05) is 26.2 Å². The summed E-state index contributed by atoms with van der Waals surface area (Å²) in [6.07, 6.45) is 5.27. The Morgan fingerprint density at radius 3 is 2.58 bits per heavy atom. The highest BCUT2D eigenvalue weighted by Gasteiger charge is 2.45. The maximum Gasteiger partial charge on any atom is 0.229 e. The average Bonchev–Trinajstić information content (AvgIpc) is 3.21.